The molecule has 1 aromatic heterocycles. The molecule has 128 valence electrons. The number of benzene rings is 1. The zero-order valence-electron chi connectivity index (χ0n) is 14.1. The Labute approximate surface area is 146 Å². The fourth-order valence-corrected chi connectivity index (χ4v) is 2.76. The molecule has 0 saturated carbocycles. The van der Waals surface area contributed by atoms with Gasteiger partial charge in [0.25, 0.3) is 5.91 Å². The van der Waals surface area contributed by atoms with Crippen LogP contribution < -0.4 is 11.1 Å². The molecule has 0 aliphatic heterocycles. The smallest absolute Gasteiger partial charge is 0.255 e. The molecule has 1 amide bonds. The van der Waals surface area contributed by atoms with Crippen LogP contribution in [0, 0.1) is 18.3 Å². The molecule has 0 spiro atoms. The third-order valence-corrected chi connectivity index (χ3v) is 4.25. The summed E-state index contributed by atoms with van der Waals surface area (Å²) in [4.78, 5) is 12.4. The number of carbonyl (C=O) groups excluding carboxylic acids is 1. The van der Waals surface area contributed by atoms with Crippen molar-refractivity contribution in [1.29, 1.82) is 5.41 Å². The Morgan fingerprint density at radius 2 is 2.12 bits per heavy atom. The van der Waals surface area contributed by atoms with Gasteiger partial charge in [-0.15, -0.1) is 0 Å². The van der Waals surface area contributed by atoms with Gasteiger partial charge in [0.1, 0.15) is 11.5 Å². The lowest BCUT2D eigenvalue weighted by Crippen LogP contribution is -2.27. The summed E-state index contributed by atoms with van der Waals surface area (Å²) >= 11 is 0. The van der Waals surface area contributed by atoms with Gasteiger partial charge in [0, 0.05) is 18.0 Å². The zero-order chi connectivity index (χ0) is 17.8. The fourth-order valence-electron chi connectivity index (χ4n) is 2.76. The van der Waals surface area contributed by atoms with Crippen molar-refractivity contribution in [2.45, 2.75) is 13.3 Å². The average Bonchev–Trinajstić information content (AvgIpc) is 3.02. The lowest BCUT2D eigenvalue weighted by molar-refractivity contribution is 0.0955. The number of hydrogen-bond acceptors (Lipinski definition) is 3. The topological polar surface area (TPSA) is 92.1 Å². The van der Waals surface area contributed by atoms with Gasteiger partial charge in [0.05, 0.1) is 11.4 Å². The number of nitrogens with two attached hydrogens (primary N) is 1. The monoisotopic (exact) mass is 335 g/mol. The molecule has 0 fully saturated rings. The third kappa shape index (κ3) is 3.88. The highest BCUT2D eigenvalue weighted by Gasteiger charge is 2.17. The van der Waals surface area contributed by atoms with Gasteiger partial charge in [0.2, 0.25) is 0 Å². The predicted octanol–water partition coefficient (Wildman–Crippen LogP) is 3.42. The van der Waals surface area contributed by atoms with Crippen LogP contribution in [-0.2, 0) is 0 Å². The van der Waals surface area contributed by atoms with E-state index in [0.717, 1.165) is 11.1 Å². The van der Waals surface area contributed by atoms with Crippen molar-refractivity contribution >= 4 is 11.7 Å². The van der Waals surface area contributed by atoms with Gasteiger partial charge in [-0.1, -0.05) is 48.6 Å². The Kier molecular flexibility index (Phi) is 4.84. The summed E-state index contributed by atoms with van der Waals surface area (Å²) in [5, 5.41) is 10.4. The second kappa shape index (κ2) is 7.21. The first-order chi connectivity index (χ1) is 12.0. The summed E-state index contributed by atoms with van der Waals surface area (Å²) in [5.41, 5.74) is 7.99. The molecule has 1 heterocycles. The molecule has 3 rings (SSSR count). The van der Waals surface area contributed by atoms with Crippen LogP contribution in [0.3, 0.4) is 0 Å². The van der Waals surface area contributed by atoms with E-state index in [9.17, 15) is 4.79 Å². The molecule has 0 bridgehead atoms. The Bertz CT molecular complexity index is 847. The zero-order valence-corrected chi connectivity index (χ0v) is 14.1. The molecule has 1 aliphatic carbocycles. The van der Waals surface area contributed by atoms with Crippen LogP contribution in [0.15, 0.2) is 64.6 Å². The van der Waals surface area contributed by atoms with Crippen LogP contribution in [-0.4, -0.2) is 18.3 Å². The van der Waals surface area contributed by atoms with Gasteiger partial charge >= 0.3 is 0 Å². The van der Waals surface area contributed by atoms with Gasteiger partial charge in [-0.05, 0) is 25.0 Å². The lowest BCUT2D eigenvalue weighted by atomic mass is 9.96. The van der Waals surface area contributed by atoms with Crippen molar-refractivity contribution in [3.8, 4) is 11.3 Å². The SMILES string of the molecule is Cc1oc(-c2ccccc2)cc1C(=O)NCC1=CCC(C(=N)N)C=C1. The van der Waals surface area contributed by atoms with Crippen LogP contribution in [0.2, 0.25) is 0 Å². The largest absolute Gasteiger partial charge is 0.461 e. The van der Waals surface area contributed by atoms with Crippen LogP contribution in [0.25, 0.3) is 11.3 Å². The second-order valence-corrected chi connectivity index (χ2v) is 6.06. The quantitative estimate of drug-likeness (QED) is 0.577. The molecule has 0 radical (unpaired) electrons. The molecule has 1 atom stereocenters. The number of hydrogen-bond donors (Lipinski definition) is 3. The van der Waals surface area contributed by atoms with E-state index in [1.165, 1.54) is 0 Å². The highest BCUT2D eigenvalue weighted by atomic mass is 16.3. The summed E-state index contributed by atoms with van der Waals surface area (Å²) in [7, 11) is 0. The van der Waals surface area contributed by atoms with Crippen LogP contribution in [0.4, 0.5) is 0 Å². The summed E-state index contributed by atoms with van der Waals surface area (Å²) in [5.74, 6) is 1.25. The molecular weight excluding hydrogens is 314 g/mol. The molecule has 5 nitrogen and oxygen atoms in total. The number of amidine groups is 1. The van der Waals surface area contributed by atoms with Crippen LogP contribution in [0.1, 0.15) is 22.5 Å². The van der Waals surface area contributed by atoms with Crippen molar-refractivity contribution in [2.75, 3.05) is 6.54 Å². The van der Waals surface area contributed by atoms with Crippen LogP contribution in [0.5, 0.6) is 0 Å². The molecular formula is C20H21N3O2. The first-order valence-corrected chi connectivity index (χ1v) is 8.20. The van der Waals surface area contributed by atoms with E-state index in [1.54, 1.807) is 13.0 Å². The molecule has 1 unspecified atom stereocenters. The maximum Gasteiger partial charge on any atom is 0.255 e. The number of carbonyl (C=O) groups is 1. The third-order valence-electron chi connectivity index (χ3n) is 4.25. The van der Waals surface area contributed by atoms with E-state index >= 15 is 0 Å². The molecule has 5 heteroatoms. The highest BCUT2D eigenvalue weighted by molar-refractivity contribution is 5.96. The first kappa shape index (κ1) is 16.8. The molecule has 25 heavy (non-hydrogen) atoms. The van der Waals surface area contributed by atoms with Crippen molar-refractivity contribution < 1.29 is 9.21 Å². The van der Waals surface area contributed by atoms with Gasteiger partial charge < -0.3 is 15.5 Å². The Balaban J connectivity index is 1.64. The highest BCUT2D eigenvalue weighted by Crippen LogP contribution is 2.25. The second-order valence-electron chi connectivity index (χ2n) is 6.06. The fraction of sp³-hybridized carbons (Fsp3) is 0.200. The Hall–Kier alpha value is -3.08. The molecule has 0 saturated heterocycles. The minimum Gasteiger partial charge on any atom is -0.461 e. The van der Waals surface area contributed by atoms with E-state index in [2.05, 4.69) is 5.32 Å². The number of aryl methyl sites for hydroxylation is 1. The maximum atomic E-state index is 12.4. The van der Waals surface area contributed by atoms with Gasteiger partial charge in [-0.2, -0.15) is 0 Å². The molecule has 1 aliphatic rings. The van der Waals surface area contributed by atoms with Crippen LogP contribution >= 0.6 is 0 Å². The van der Waals surface area contributed by atoms with Crippen molar-refractivity contribution in [3.05, 3.63) is 71.5 Å². The maximum absolute atomic E-state index is 12.4. The number of amides is 1. The molecule has 1 aromatic carbocycles. The summed E-state index contributed by atoms with van der Waals surface area (Å²) in [6.45, 7) is 2.23. The minimum atomic E-state index is -0.161. The average molecular weight is 335 g/mol. The van der Waals surface area contributed by atoms with E-state index in [-0.39, 0.29) is 17.7 Å². The van der Waals surface area contributed by atoms with E-state index in [0.29, 0.717) is 30.0 Å². The van der Waals surface area contributed by atoms with E-state index < -0.39 is 0 Å². The van der Waals surface area contributed by atoms with Crippen molar-refractivity contribution in [1.82, 2.24) is 5.32 Å². The Morgan fingerprint density at radius 3 is 2.76 bits per heavy atom. The van der Waals surface area contributed by atoms with Gasteiger partial charge in [-0.25, -0.2) is 0 Å². The number of allylic oxidation sites excluding steroid dienone is 1. The van der Waals surface area contributed by atoms with Crippen molar-refractivity contribution in [2.24, 2.45) is 11.7 Å². The number of nitrogens with one attached hydrogen (secondary N) is 2. The van der Waals surface area contributed by atoms with Gasteiger partial charge in [0.15, 0.2) is 0 Å². The lowest BCUT2D eigenvalue weighted by Gasteiger charge is -2.15. The molecule has 4 N–H and O–H groups in total. The molecule has 2 aromatic rings. The Morgan fingerprint density at radius 1 is 1.36 bits per heavy atom. The first-order valence-electron chi connectivity index (χ1n) is 8.20. The minimum absolute atomic E-state index is 0.0380. The summed E-state index contributed by atoms with van der Waals surface area (Å²) in [6.07, 6.45) is 6.51. The van der Waals surface area contributed by atoms with E-state index in [1.807, 2.05) is 48.6 Å². The summed E-state index contributed by atoms with van der Waals surface area (Å²) < 4.78 is 5.73. The summed E-state index contributed by atoms with van der Waals surface area (Å²) in [6, 6.07) is 11.5. The van der Waals surface area contributed by atoms with Crippen molar-refractivity contribution in [3.63, 3.8) is 0 Å². The standard InChI is InChI=1S/C20H21N3O2/c1-13-17(11-18(25-13)15-5-3-2-4-6-15)20(24)23-12-14-7-9-16(10-8-14)19(21)22/h2-9,11,16H,10,12H2,1H3,(H3,21,22)(H,23,24). The number of furan rings is 1. The predicted molar refractivity (Wildman–Crippen MR) is 98.5 cm³/mol. The number of rotatable bonds is 5. The normalized spacial score (nSPS) is 16.4. The van der Waals surface area contributed by atoms with Gasteiger partial charge in [-0.3, -0.25) is 10.2 Å². The van der Waals surface area contributed by atoms with E-state index in [4.69, 9.17) is 15.6 Å².